The SMILES string of the molecule is COc1cc(C2C3=C(CC(C)(C)CC3=O)N(C3CCCCC3)C3=C2C(=O)CC(C)(C)C3)cc(Br)c1OC. The van der Waals surface area contributed by atoms with Crippen LogP contribution in [0.3, 0.4) is 0 Å². The first-order chi connectivity index (χ1) is 17.5. The number of rotatable bonds is 4. The van der Waals surface area contributed by atoms with E-state index in [-0.39, 0.29) is 28.3 Å². The maximum atomic E-state index is 14.0. The third-order valence-electron chi connectivity index (χ3n) is 8.68. The van der Waals surface area contributed by atoms with Crippen molar-refractivity contribution in [1.82, 2.24) is 4.90 Å². The van der Waals surface area contributed by atoms with Gasteiger partial charge in [0.1, 0.15) is 0 Å². The minimum Gasteiger partial charge on any atom is -0.493 e. The second-order valence-electron chi connectivity index (χ2n) is 12.9. The van der Waals surface area contributed by atoms with Crippen molar-refractivity contribution in [3.63, 3.8) is 0 Å². The van der Waals surface area contributed by atoms with Gasteiger partial charge >= 0.3 is 0 Å². The fraction of sp³-hybridized carbons (Fsp3) is 0.613. The van der Waals surface area contributed by atoms with Crippen LogP contribution in [0.5, 0.6) is 11.5 Å². The van der Waals surface area contributed by atoms with Crippen molar-refractivity contribution in [3.8, 4) is 11.5 Å². The summed E-state index contributed by atoms with van der Waals surface area (Å²) in [5.74, 6) is 1.17. The quantitative estimate of drug-likeness (QED) is 0.376. The van der Waals surface area contributed by atoms with Gasteiger partial charge in [0.25, 0.3) is 0 Å². The summed E-state index contributed by atoms with van der Waals surface area (Å²) in [6.45, 7) is 8.82. The Balaban J connectivity index is 1.79. The van der Waals surface area contributed by atoms with E-state index in [9.17, 15) is 9.59 Å². The average Bonchev–Trinajstić information content (AvgIpc) is 2.81. The number of benzene rings is 1. The first-order valence-electron chi connectivity index (χ1n) is 13.7. The highest BCUT2D eigenvalue weighted by atomic mass is 79.9. The zero-order chi connectivity index (χ0) is 26.7. The van der Waals surface area contributed by atoms with Crippen molar-refractivity contribution in [1.29, 1.82) is 0 Å². The van der Waals surface area contributed by atoms with E-state index >= 15 is 0 Å². The van der Waals surface area contributed by atoms with Crippen LogP contribution >= 0.6 is 15.9 Å². The van der Waals surface area contributed by atoms with Crippen LogP contribution < -0.4 is 9.47 Å². The highest BCUT2D eigenvalue weighted by Gasteiger charge is 2.50. The van der Waals surface area contributed by atoms with Gasteiger partial charge in [0, 0.05) is 47.3 Å². The van der Waals surface area contributed by atoms with Gasteiger partial charge in [-0.1, -0.05) is 47.0 Å². The normalized spacial score (nSPS) is 24.2. The van der Waals surface area contributed by atoms with Crippen molar-refractivity contribution in [2.24, 2.45) is 10.8 Å². The molecule has 0 radical (unpaired) electrons. The average molecular weight is 571 g/mol. The fourth-order valence-corrected chi connectivity index (χ4v) is 7.84. The zero-order valence-corrected chi connectivity index (χ0v) is 24.7. The fourth-order valence-electron chi connectivity index (χ4n) is 7.21. The van der Waals surface area contributed by atoms with Crippen LogP contribution in [0.25, 0.3) is 0 Å². The smallest absolute Gasteiger partial charge is 0.174 e. The molecule has 4 aliphatic rings. The van der Waals surface area contributed by atoms with Gasteiger partial charge in [-0.2, -0.15) is 0 Å². The molecule has 5 nitrogen and oxygen atoms in total. The van der Waals surface area contributed by atoms with E-state index in [1.807, 2.05) is 12.1 Å². The number of carbonyl (C=O) groups is 2. The molecule has 6 heteroatoms. The summed E-state index contributed by atoms with van der Waals surface area (Å²) in [5.41, 5.74) is 4.66. The number of allylic oxidation sites excluding steroid dienone is 4. The van der Waals surface area contributed by atoms with Crippen molar-refractivity contribution < 1.29 is 19.1 Å². The minimum atomic E-state index is -0.381. The zero-order valence-electron chi connectivity index (χ0n) is 23.1. The molecule has 200 valence electrons. The Morgan fingerprint density at radius 1 is 0.811 bits per heavy atom. The number of methoxy groups -OCH3 is 2. The molecule has 0 bridgehead atoms. The molecule has 1 aromatic rings. The van der Waals surface area contributed by atoms with E-state index < -0.39 is 0 Å². The van der Waals surface area contributed by atoms with Gasteiger partial charge in [-0.25, -0.2) is 0 Å². The molecule has 1 heterocycles. The third-order valence-corrected chi connectivity index (χ3v) is 9.27. The molecular weight excluding hydrogens is 530 g/mol. The van der Waals surface area contributed by atoms with E-state index in [0.717, 1.165) is 58.3 Å². The second kappa shape index (κ2) is 9.59. The van der Waals surface area contributed by atoms with Gasteiger partial charge in [0.2, 0.25) is 0 Å². The maximum absolute atomic E-state index is 14.0. The van der Waals surface area contributed by atoms with Gasteiger partial charge < -0.3 is 14.4 Å². The number of halogens is 1. The molecule has 0 N–H and O–H groups in total. The lowest BCUT2D eigenvalue weighted by Crippen LogP contribution is -2.48. The summed E-state index contributed by atoms with van der Waals surface area (Å²) in [5, 5.41) is 0. The lowest BCUT2D eigenvalue weighted by molar-refractivity contribution is -0.119. The largest absolute Gasteiger partial charge is 0.493 e. The van der Waals surface area contributed by atoms with Crippen LogP contribution in [0.2, 0.25) is 0 Å². The van der Waals surface area contributed by atoms with Gasteiger partial charge in [0.15, 0.2) is 23.1 Å². The van der Waals surface area contributed by atoms with Crippen molar-refractivity contribution in [2.45, 2.75) is 97.4 Å². The number of nitrogens with zero attached hydrogens (tertiary/aromatic N) is 1. The first kappa shape index (κ1) is 26.5. The summed E-state index contributed by atoms with van der Waals surface area (Å²) in [6.07, 6.45) is 8.59. The molecule has 3 aliphatic carbocycles. The van der Waals surface area contributed by atoms with Crippen LogP contribution in [0, 0.1) is 10.8 Å². The predicted molar refractivity (Wildman–Crippen MR) is 149 cm³/mol. The highest BCUT2D eigenvalue weighted by Crippen LogP contribution is 2.56. The van der Waals surface area contributed by atoms with Crippen LogP contribution in [0.4, 0.5) is 0 Å². The molecule has 1 saturated carbocycles. The van der Waals surface area contributed by atoms with Crippen molar-refractivity contribution >= 4 is 27.5 Å². The summed E-state index contributed by atoms with van der Waals surface area (Å²) < 4.78 is 12.0. The molecule has 0 aromatic heterocycles. The molecule has 37 heavy (non-hydrogen) atoms. The number of ketones is 2. The molecule has 1 aliphatic heterocycles. The summed E-state index contributed by atoms with van der Waals surface area (Å²) in [4.78, 5) is 30.6. The lowest BCUT2D eigenvalue weighted by atomic mass is 9.63. The summed E-state index contributed by atoms with van der Waals surface area (Å²) >= 11 is 3.67. The van der Waals surface area contributed by atoms with Gasteiger partial charge in [0.05, 0.1) is 18.7 Å². The minimum absolute atomic E-state index is 0.113. The van der Waals surface area contributed by atoms with Crippen molar-refractivity contribution in [2.75, 3.05) is 14.2 Å². The number of Topliss-reactive ketones (excluding diaryl/α,β-unsaturated/α-hetero) is 2. The summed E-state index contributed by atoms with van der Waals surface area (Å²) in [7, 11) is 3.24. The molecule has 5 rings (SSSR count). The van der Waals surface area contributed by atoms with Gasteiger partial charge in [-0.15, -0.1) is 0 Å². The first-order valence-corrected chi connectivity index (χ1v) is 14.5. The van der Waals surface area contributed by atoms with E-state index in [1.165, 1.54) is 19.3 Å². The molecule has 0 spiro atoms. The summed E-state index contributed by atoms with van der Waals surface area (Å²) in [6, 6.07) is 4.32. The van der Waals surface area contributed by atoms with Crippen LogP contribution in [-0.2, 0) is 9.59 Å². The molecule has 1 aromatic carbocycles. The molecule has 0 unspecified atom stereocenters. The lowest BCUT2D eigenvalue weighted by Gasteiger charge is -2.52. The standard InChI is InChI=1S/C31H40BrNO4/c1-30(2)14-21-27(23(34)16-30)26(18-12-20(32)29(37-6)25(13-18)36-5)28-22(15-31(3,4)17-24(28)35)33(21)19-10-8-7-9-11-19/h12-13,19,26H,7-11,14-17H2,1-6H3. The van der Waals surface area contributed by atoms with Crippen LogP contribution in [0.15, 0.2) is 39.1 Å². The van der Waals surface area contributed by atoms with Crippen LogP contribution in [-0.4, -0.2) is 36.7 Å². The Bertz CT molecular complexity index is 1150. The Morgan fingerprint density at radius 2 is 1.35 bits per heavy atom. The third kappa shape index (κ3) is 4.68. The van der Waals surface area contributed by atoms with Gasteiger partial charge in [-0.3, -0.25) is 9.59 Å². The molecular formula is C31H40BrNO4. The molecule has 0 atom stereocenters. The maximum Gasteiger partial charge on any atom is 0.174 e. The number of ether oxygens (including phenoxy) is 2. The Hall–Kier alpha value is -2.08. The van der Waals surface area contributed by atoms with E-state index in [1.54, 1.807) is 14.2 Å². The van der Waals surface area contributed by atoms with E-state index in [4.69, 9.17) is 9.47 Å². The molecule has 0 amide bonds. The molecule has 0 saturated heterocycles. The topological polar surface area (TPSA) is 55.8 Å². The van der Waals surface area contributed by atoms with E-state index in [0.29, 0.717) is 30.4 Å². The second-order valence-corrected chi connectivity index (χ2v) is 13.8. The molecule has 1 fully saturated rings. The van der Waals surface area contributed by atoms with E-state index in [2.05, 4.69) is 48.5 Å². The number of carbonyl (C=O) groups excluding carboxylic acids is 2. The number of hydrogen-bond acceptors (Lipinski definition) is 5. The number of hydrogen-bond donors (Lipinski definition) is 0. The van der Waals surface area contributed by atoms with Gasteiger partial charge in [-0.05, 0) is 70.1 Å². The monoisotopic (exact) mass is 569 g/mol. The van der Waals surface area contributed by atoms with Crippen molar-refractivity contribution in [3.05, 3.63) is 44.7 Å². The highest BCUT2D eigenvalue weighted by molar-refractivity contribution is 9.10. The predicted octanol–water partition coefficient (Wildman–Crippen LogP) is 7.48. The Kier molecular flexibility index (Phi) is 6.87. The Labute approximate surface area is 229 Å². The van der Waals surface area contributed by atoms with Crippen LogP contribution in [0.1, 0.15) is 97.0 Å². The Morgan fingerprint density at radius 3 is 1.84 bits per heavy atom.